The van der Waals surface area contributed by atoms with Gasteiger partial charge in [-0.1, -0.05) is 20.8 Å². The van der Waals surface area contributed by atoms with E-state index in [0.29, 0.717) is 11.6 Å². The molecule has 2 N–H and O–H groups in total. The van der Waals surface area contributed by atoms with Gasteiger partial charge in [0.15, 0.2) is 0 Å². The Kier molecular flexibility index (Phi) is 5.14. The molecule has 21 heavy (non-hydrogen) atoms. The van der Waals surface area contributed by atoms with Crippen molar-refractivity contribution in [1.82, 2.24) is 10.3 Å². The maximum Gasteiger partial charge on any atom is 0.251 e. The number of anilines is 1. The Morgan fingerprint density at radius 2 is 2.19 bits per heavy atom. The number of pyridine rings is 1. The van der Waals surface area contributed by atoms with E-state index in [1.165, 1.54) is 0 Å². The number of carbonyl (C=O) groups excluding carboxylic acids is 1. The Hall–Kier alpha value is -1.23. The van der Waals surface area contributed by atoms with Crippen LogP contribution in [0.1, 0.15) is 50.2 Å². The molecule has 0 aromatic carbocycles. The molecule has 1 atom stereocenters. The van der Waals surface area contributed by atoms with E-state index in [1.54, 1.807) is 0 Å². The Morgan fingerprint density at radius 1 is 1.43 bits per heavy atom. The normalized spacial score (nSPS) is 18.6. The first-order valence-corrected chi connectivity index (χ1v) is 8.70. The molecule has 0 spiro atoms. The first kappa shape index (κ1) is 16.1. The van der Waals surface area contributed by atoms with Gasteiger partial charge in [0, 0.05) is 35.0 Å². The van der Waals surface area contributed by atoms with Crippen molar-refractivity contribution in [3.8, 4) is 0 Å². The third-order valence-electron chi connectivity index (χ3n) is 3.48. The molecule has 116 valence electrons. The predicted octanol–water partition coefficient (Wildman–Crippen LogP) is 3.05. The Labute approximate surface area is 131 Å². The lowest BCUT2D eigenvalue weighted by atomic mass is 9.90. The number of rotatable bonds is 4. The van der Waals surface area contributed by atoms with Crippen LogP contribution in [-0.2, 0) is 5.41 Å². The smallest absolute Gasteiger partial charge is 0.251 e. The van der Waals surface area contributed by atoms with Gasteiger partial charge in [0.1, 0.15) is 5.82 Å². The van der Waals surface area contributed by atoms with Gasteiger partial charge in [0.25, 0.3) is 5.91 Å². The minimum Gasteiger partial charge on any atom is -0.370 e. The van der Waals surface area contributed by atoms with Crippen molar-refractivity contribution in [2.75, 3.05) is 23.4 Å². The highest BCUT2D eigenvalue weighted by atomic mass is 32.2. The molecule has 1 amide bonds. The largest absolute Gasteiger partial charge is 0.370 e. The molecule has 1 saturated heterocycles. The quantitative estimate of drug-likeness (QED) is 0.898. The zero-order valence-electron chi connectivity index (χ0n) is 13.3. The minimum atomic E-state index is -0.0797. The van der Waals surface area contributed by atoms with Crippen molar-refractivity contribution >= 4 is 23.5 Å². The summed E-state index contributed by atoms with van der Waals surface area (Å²) in [5.41, 5.74) is 1.55. The fourth-order valence-electron chi connectivity index (χ4n) is 2.23. The van der Waals surface area contributed by atoms with Crippen LogP contribution < -0.4 is 10.6 Å². The number of nitrogens with one attached hydrogen (secondary N) is 2. The van der Waals surface area contributed by atoms with Crippen molar-refractivity contribution in [2.24, 2.45) is 0 Å². The molecule has 1 aromatic rings. The monoisotopic (exact) mass is 307 g/mol. The number of hydrogen-bond donors (Lipinski definition) is 2. The second-order valence-electron chi connectivity index (χ2n) is 6.44. The van der Waals surface area contributed by atoms with Gasteiger partial charge in [-0.2, -0.15) is 11.8 Å². The van der Waals surface area contributed by atoms with Gasteiger partial charge < -0.3 is 10.6 Å². The van der Waals surface area contributed by atoms with E-state index >= 15 is 0 Å². The topological polar surface area (TPSA) is 54.0 Å². The van der Waals surface area contributed by atoms with Gasteiger partial charge in [-0.3, -0.25) is 4.79 Å². The van der Waals surface area contributed by atoms with Gasteiger partial charge in [-0.25, -0.2) is 4.98 Å². The predicted molar refractivity (Wildman–Crippen MR) is 90.3 cm³/mol. The second-order valence-corrected chi connectivity index (χ2v) is 7.59. The van der Waals surface area contributed by atoms with E-state index in [2.05, 4.69) is 36.4 Å². The van der Waals surface area contributed by atoms with Crippen LogP contribution in [0.3, 0.4) is 0 Å². The summed E-state index contributed by atoms with van der Waals surface area (Å²) in [6.07, 6.45) is 1.06. The van der Waals surface area contributed by atoms with E-state index in [-0.39, 0.29) is 11.3 Å². The highest BCUT2D eigenvalue weighted by Crippen LogP contribution is 2.24. The number of nitrogens with zero attached hydrogens (tertiary/aromatic N) is 1. The summed E-state index contributed by atoms with van der Waals surface area (Å²) in [6.45, 7) is 9.16. The molecular formula is C16H25N3OS. The fourth-order valence-corrected chi connectivity index (χ4v) is 3.39. The van der Waals surface area contributed by atoms with Crippen LogP contribution in [0.2, 0.25) is 0 Å². The molecule has 0 radical (unpaired) electrons. The van der Waals surface area contributed by atoms with Gasteiger partial charge in [-0.15, -0.1) is 0 Å². The molecule has 2 heterocycles. The summed E-state index contributed by atoms with van der Waals surface area (Å²) < 4.78 is 0. The third kappa shape index (κ3) is 4.37. The Bertz CT molecular complexity index is 505. The Morgan fingerprint density at radius 3 is 2.76 bits per heavy atom. The number of thioether (sulfide) groups is 1. The first-order chi connectivity index (χ1) is 9.90. The summed E-state index contributed by atoms with van der Waals surface area (Å²) >= 11 is 1.90. The van der Waals surface area contributed by atoms with E-state index in [9.17, 15) is 4.79 Å². The summed E-state index contributed by atoms with van der Waals surface area (Å²) in [6, 6.07) is 4.06. The highest BCUT2D eigenvalue weighted by Gasteiger charge is 2.22. The molecule has 1 aliphatic rings. The zero-order chi connectivity index (χ0) is 15.5. The molecule has 2 rings (SSSR count). The molecule has 5 heteroatoms. The summed E-state index contributed by atoms with van der Waals surface area (Å²) in [5.74, 6) is 2.94. The number of aromatic nitrogens is 1. The van der Waals surface area contributed by atoms with Crippen LogP contribution in [0.5, 0.6) is 0 Å². The molecule has 0 saturated carbocycles. The van der Waals surface area contributed by atoms with Gasteiger partial charge in [0.2, 0.25) is 0 Å². The van der Waals surface area contributed by atoms with Gasteiger partial charge in [-0.05, 0) is 31.2 Å². The summed E-state index contributed by atoms with van der Waals surface area (Å²) in [7, 11) is 0. The van der Waals surface area contributed by atoms with Crippen molar-refractivity contribution in [2.45, 2.75) is 45.6 Å². The highest BCUT2D eigenvalue weighted by molar-refractivity contribution is 7.99. The lowest BCUT2D eigenvalue weighted by Crippen LogP contribution is -2.35. The van der Waals surface area contributed by atoms with Crippen molar-refractivity contribution in [3.63, 3.8) is 0 Å². The van der Waals surface area contributed by atoms with Crippen LogP contribution in [-0.4, -0.2) is 35.0 Å². The van der Waals surface area contributed by atoms with Crippen LogP contribution in [0, 0.1) is 0 Å². The fraction of sp³-hybridized carbons (Fsp3) is 0.625. The average Bonchev–Trinajstić information content (AvgIpc) is 2.90. The second kappa shape index (κ2) is 6.69. The van der Waals surface area contributed by atoms with Crippen molar-refractivity contribution < 1.29 is 4.79 Å². The SMILES string of the molecule is CCNc1cc(C(=O)NC2CCSC2)cc(C(C)(C)C)n1. The van der Waals surface area contributed by atoms with Crippen molar-refractivity contribution in [3.05, 3.63) is 23.4 Å². The lowest BCUT2D eigenvalue weighted by Gasteiger charge is -2.20. The molecule has 1 aliphatic heterocycles. The molecular weight excluding hydrogens is 282 g/mol. The molecule has 4 nitrogen and oxygen atoms in total. The number of hydrogen-bond acceptors (Lipinski definition) is 4. The average molecular weight is 307 g/mol. The molecule has 0 aliphatic carbocycles. The summed E-state index contributed by atoms with van der Waals surface area (Å²) in [4.78, 5) is 17.1. The molecule has 1 unspecified atom stereocenters. The van der Waals surface area contributed by atoms with Gasteiger partial charge >= 0.3 is 0 Å². The van der Waals surface area contributed by atoms with Crippen LogP contribution in [0.4, 0.5) is 5.82 Å². The maximum atomic E-state index is 12.5. The summed E-state index contributed by atoms with van der Waals surface area (Å²) in [5, 5.41) is 6.34. The van der Waals surface area contributed by atoms with Gasteiger partial charge in [0.05, 0.1) is 0 Å². The lowest BCUT2D eigenvalue weighted by molar-refractivity contribution is 0.0941. The minimum absolute atomic E-state index is 0.00885. The first-order valence-electron chi connectivity index (χ1n) is 7.55. The number of amides is 1. The van der Waals surface area contributed by atoms with E-state index in [4.69, 9.17) is 0 Å². The third-order valence-corrected chi connectivity index (χ3v) is 4.64. The molecule has 1 fully saturated rings. The number of carbonyl (C=O) groups is 1. The van der Waals surface area contributed by atoms with Crippen LogP contribution in [0.15, 0.2) is 12.1 Å². The van der Waals surface area contributed by atoms with E-state index < -0.39 is 0 Å². The maximum absolute atomic E-state index is 12.5. The Balaban J connectivity index is 2.23. The standard InChI is InChI=1S/C16H25N3OS/c1-5-17-14-9-11(8-13(19-14)16(2,3)4)15(20)18-12-6-7-21-10-12/h8-9,12H,5-7,10H2,1-4H3,(H,17,19)(H,18,20). The van der Waals surface area contributed by atoms with E-state index in [0.717, 1.165) is 36.0 Å². The molecule has 1 aromatic heterocycles. The van der Waals surface area contributed by atoms with Crippen molar-refractivity contribution in [1.29, 1.82) is 0 Å². The zero-order valence-corrected chi connectivity index (χ0v) is 14.1. The van der Waals surface area contributed by atoms with E-state index in [1.807, 2.05) is 30.8 Å². The van der Waals surface area contributed by atoms with Crippen LogP contribution in [0.25, 0.3) is 0 Å². The molecule has 0 bridgehead atoms. The van der Waals surface area contributed by atoms with Crippen LogP contribution >= 0.6 is 11.8 Å².